The van der Waals surface area contributed by atoms with Crippen molar-refractivity contribution in [3.05, 3.63) is 29.3 Å². The van der Waals surface area contributed by atoms with Gasteiger partial charge in [0.25, 0.3) is 0 Å². The molecule has 1 saturated carbocycles. The molecule has 2 aliphatic rings. The predicted octanol–water partition coefficient (Wildman–Crippen LogP) is 3.32. The Kier molecular flexibility index (Phi) is 3.79. The number of fused-ring (bicyclic) bond motifs is 1. The van der Waals surface area contributed by atoms with Gasteiger partial charge in [-0.25, -0.2) is 0 Å². The fraction of sp³-hybridized carbons (Fsp3) is 0.647. The molecule has 1 fully saturated rings. The van der Waals surface area contributed by atoms with E-state index < -0.39 is 0 Å². The van der Waals surface area contributed by atoms with Crippen molar-refractivity contribution in [2.24, 2.45) is 17.6 Å². The molecule has 3 unspecified atom stereocenters. The third kappa shape index (κ3) is 2.79. The van der Waals surface area contributed by atoms with Crippen LogP contribution in [0.15, 0.2) is 18.2 Å². The van der Waals surface area contributed by atoms with E-state index in [0.29, 0.717) is 12.0 Å². The topological polar surface area (TPSA) is 35.2 Å². The molecule has 104 valence electrons. The zero-order valence-corrected chi connectivity index (χ0v) is 11.9. The van der Waals surface area contributed by atoms with Crippen LogP contribution in [0.25, 0.3) is 0 Å². The summed E-state index contributed by atoms with van der Waals surface area (Å²) in [6, 6.07) is 6.66. The van der Waals surface area contributed by atoms with E-state index in [2.05, 4.69) is 25.1 Å². The highest BCUT2D eigenvalue weighted by Crippen LogP contribution is 2.33. The highest BCUT2D eigenvalue weighted by atomic mass is 16.5. The lowest BCUT2D eigenvalue weighted by Crippen LogP contribution is -2.37. The molecule has 1 aromatic carbocycles. The maximum atomic E-state index is 6.27. The molecule has 0 heterocycles. The maximum absolute atomic E-state index is 6.27. The van der Waals surface area contributed by atoms with Gasteiger partial charge in [-0.15, -0.1) is 0 Å². The Bertz CT molecular complexity index is 443. The molecule has 0 saturated heterocycles. The molecule has 1 aromatic rings. The summed E-state index contributed by atoms with van der Waals surface area (Å²) >= 11 is 0. The summed E-state index contributed by atoms with van der Waals surface area (Å²) in [4.78, 5) is 0. The van der Waals surface area contributed by atoms with Crippen molar-refractivity contribution in [3.63, 3.8) is 0 Å². The summed E-state index contributed by atoms with van der Waals surface area (Å²) in [7, 11) is 0. The Morgan fingerprint density at radius 2 is 2.05 bits per heavy atom. The minimum absolute atomic E-state index is 0.313. The second-order valence-electron chi connectivity index (χ2n) is 6.35. The van der Waals surface area contributed by atoms with Gasteiger partial charge >= 0.3 is 0 Å². The van der Waals surface area contributed by atoms with Gasteiger partial charge in [0.05, 0.1) is 0 Å². The molecule has 0 spiro atoms. The molecule has 0 radical (unpaired) electrons. The first-order valence-electron chi connectivity index (χ1n) is 7.75. The van der Waals surface area contributed by atoms with Gasteiger partial charge in [-0.3, -0.25) is 0 Å². The van der Waals surface area contributed by atoms with Crippen molar-refractivity contribution in [2.45, 2.75) is 51.6 Å². The van der Waals surface area contributed by atoms with Crippen molar-refractivity contribution < 1.29 is 4.74 Å². The van der Waals surface area contributed by atoms with Gasteiger partial charge in [-0.2, -0.15) is 0 Å². The first-order chi connectivity index (χ1) is 9.26. The van der Waals surface area contributed by atoms with Gasteiger partial charge in [-0.1, -0.05) is 19.4 Å². The van der Waals surface area contributed by atoms with Gasteiger partial charge in [0.1, 0.15) is 11.9 Å². The molecular weight excluding hydrogens is 234 g/mol. The van der Waals surface area contributed by atoms with Crippen molar-refractivity contribution >= 4 is 0 Å². The van der Waals surface area contributed by atoms with E-state index in [1.165, 1.54) is 43.2 Å². The summed E-state index contributed by atoms with van der Waals surface area (Å²) in [5.74, 6) is 2.35. The summed E-state index contributed by atoms with van der Waals surface area (Å²) < 4.78 is 6.27. The average Bonchev–Trinajstić information content (AvgIpc) is 2.86. The maximum Gasteiger partial charge on any atom is 0.120 e. The normalized spacial score (nSPS) is 30.1. The fourth-order valence-corrected chi connectivity index (χ4v) is 3.60. The SMILES string of the molecule is CC1CCC(CN)C(Oc2ccc3c(c2)CCC3)C1. The fourth-order valence-electron chi connectivity index (χ4n) is 3.60. The van der Waals surface area contributed by atoms with Crippen LogP contribution in [0.4, 0.5) is 0 Å². The zero-order valence-electron chi connectivity index (χ0n) is 11.9. The lowest BCUT2D eigenvalue weighted by atomic mass is 9.80. The van der Waals surface area contributed by atoms with E-state index in [1.807, 2.05) is 0 Å². The molecule has 19 heavy (non-hydrogen) atoms. The molecule has 2 nitrogen and oxygen atoms in total. The second-order valence-corrected chi connectivity index (χ2v) is 6.35. The molecule has 2 aliphatic carbocycles. The lowest BCUT2D eigenvalue weighted by molar-refractivity contribution is 0.0741. The molecule has 2 N–H and O–H groups in total. The molecule has 0 bridgehead atoms. The highest BCUT2D eigenvalue weighted by molar-refractivity contribution is 5.38. The molecular formula is C17H25NO. The average molecular weight is 259 g/mol. The quantitative estimate of drug-likeness (QED) is 0.903. The van der Waals surface area contributed by atoms with Crippen LogP contribution in [-0.2, 0) is 12.8 Å². The van der Waals surface area contributed by atoms with Crippen molar-refractivity contribution in [1.29, 1.82) is 0 Å². The van der Waals surface area contributed by atoms with E-state index in [4.69, 9.17) is 10.5 Å². The third-order valence-corrected chi connectivity index (χ3v) is 4.85. The smallest absolute Gasteiger partial charge is 0.120 e. The van der Waals surface area contributed by atoms with Gasteiger partial charge in [-0.05, 0) is 67.8 Å². The highest BCUT2D eigenvalue weighted by Gasteiger charge is 2.29. The van der Waals surface area contributed by atoms with E-state index >= 15 is 0 Å². The standard InChI is InChI=1S/C17H25NO/c1-12-5-6-15(11-18)17(9-12)19-16-8-7-13-3-2-4-14(13)10-16/h7-8,10,12,15,17H,2-6,9,11,18H2,1H3. The van der Waals surface area contributed by atoms with E-state index in [-0.39, 0.29) is 0 Å². The molecule has 3 atom stereocenters. The van der Waals surface area contributed by atoms with Gasteiger partial charge < -0.3 is 10.5 Å². The first-order valence-corrected chi connectivity index (χ1v) is 7.75. The number of rotatable bonds is 3. The summed E-state index contributed by atoms with van der Waals surface area (Å²) in [6.45, 7) is 3.08. The van der Waals surface area contributed by atoms with E-state index in [0.717, 1.165) is 24.6 Å². The van der Waals surface area contributed by atoms with Crippen LogP contribution in [0.2, 0.25) is 0 Å². The van der Waals surface area contributed by atoms with Crippen LogP contribution in [0.1, 0.15) is 43.7 Å². The first kappa shape index (κ1) is 13.0. The Hall–Kier alpha value is -1.02. The minimum atomic E-state index is 0.313. The van der Waals surface area contributed by atoms with Crippen molar-refractivity contribution in [1.82, 2.24) is 0 Å². The van der Waals surface area contributed by atoms with Gasteiger partial charge in [0.2, 0.25) is 0 Å². The minimum Gasteiger partial charge on any atom is -0.490 e. The second kappa shape index (κ2) is 5.54. The van der Waals surface area contributed by atoms with Gasteiger partial charge in [0.15, 0.2) is 0 Å². The predicted molar refractivity (Wildman–Crippen MR) is 78.4 cm³/mol. The summed E-state index contributed by atoms with van der Waals surface area (Å²) in [5.41, 5.74) is 8.91. The number of benzene rings is 1. The van der Waals surface area contributed by atoms with Crippen LogP contribution in [-0.4, -0.2) is 12.6 Å². The summed E-state index contributed by atoms with van der Waals surface area (Å²) in [5, 5.41) is 0. The molecule has 0 aromatic heterocycles. The number of hydrogen-bond donors (Lipinski definition) is 1. The third-order valence-electron chi connectivity index (χ3n) is 4.85. The van der Waals surface area contributed by atoms with E-state index in [1.54, 1.807) is 0 Å². The van der Waals surface area contributed by atoms with Crippen molar-refractivity contribution in [3.8, 4) is 5.75 Å². The molecule has 0 aliphatic heterocycles. The van der Waals surface area contributed by atoms with Crippen LogP contribution < -0.4 is 10.5 Å². The van der Waals surface area contributed by atoms with Crippen LogP contribution in [0.3, 0.4) is 0 Å². The monoisotopic (exact) mass is 259 g/mol. The number of aryl methyl sites for hydroxylation is 2. The van der Waals surface area contributed by atoms with Crippen molar-refractivity contribution in [2.75, 3.05) is 6.54 Å². The molecule has 2 heteroatoms. The zero-order chi connectivity index (χ0) is 13.2. The largest absolute Gasteiger partial charge is 0.490 e. The van der Waals surface area contributed by atoms with Crippen LogP contribution in [0, 0.1) is 11.8 Å². The van der Waals surface area contributed by atoms with Crippen LogP contribution in [0.5, 0.6) is 5.75 Å². The number of hydrogen-bond acceptors (Lipinski definition) is 2. The Morgan fingerprint density at radius 3 is 2.89 bits per heavy atom. The number of nitrogens with two attached hydrogens (primary N) is 1. The van der Waals surface area contributed by atoms with Gasteiger partial charge in [0, 0.05) is 5.92 Å². The van der Waals surface area contributed by atoms with Crippen LogP contribution >= 0.6 is 0 Å². The lowest BCUT2D eigenvalue weighted by Gasteiger charge is -2.34. The molecule has 3 rings (SSSR count). The Morgan fingerprint density at radius 1 is 1.21 bits per heavy atom. The summed E-state index contributed by atoms with van der Waals surface area (Å²) in [6.07, 6.45) is 7.73. The number of ether oxygens (including phenoxy) is 1. The van der Waals surface area contributed by atoms with E-state index in [9.17, 15) is 0 Å². The Balaban J connectivity index is 1.72. The molecule has 0 amide bonds. The Labute approximate surface area is 116 Å².